The Kier molecular flexibility index (Phi) is 3.83. The van der Waals surface area contributed by atoms with E-state index in [0.29, 0.717) is 6.04 Å². The maximum absolute atomic E-state index is 5.94. The van der Waals surface area contributed by atoms with E-state index in [1.807, 2.05) is 12.1 Å². The van der Waals surface area contributed by atoms with E-state index in [9.17, 15) is 0 Å². The molecule has 0 aliphatic carbocycles. The number of likely N-dealkylation sites (N-methyl/N-ethyl adjacent to an activating group) is 1. The Labute approximate surface area is 140 Å². The molecule has 1 aliphatic heterocycles. The smallest absolute Gasteiger partial charge is 0.135 e. The molecule has 0 amide bonds. The quantitative estimate of drug-likeness (QED) is 0.713. The number of rotatable bonds is 4. The number of benzene rings is 1. The van der Waals surface area contributed by atoms with Gasteiger partial charge >= 0.3 is 0 Å². The number of fused-ring (bicyclic) bond motifs is 3. The van der Waals surface area contributed by atoms with Crippen LogP contribution in [-0.4, -0.2) is 35.6 Å². The molecule has 0 radical (unpaired) electrons. The highest BCUT2D eigenvalue weighted by Gasteiger charge is 2.23. The van der Waals surface area contributed by atoms with Gasteiger partial charge in [0.2, 0.25) is 0 Å². The number of nitrogen functional groups attached to an aromatic ring is 1. The lowest BCUT2D eigenvalue weighted by Gasteiger charge is -2.23. The molecule has 1 aromatic carbocycles. The summed E-state index contributed by atoms with van der Waals surface area (Å²) in [6, 6.07) is 6.61. The third-order valence-electron chi connectivity index (χ3n) is 4.87. The van der Waals surface area contributed by atoms with Crippen LogP contribution in [0.4, 0.5) is 11.5 Å². The van der Waals surface area contributed by atoms with E-state index in [0.717, 1.165) is 30.1 Å². The number of thiophene rings is 1. The van der Waals surface area contributed by atoms with Gasteiger partial charge in [-0.15, -0.1) is 0 Å². The normalized spacial score (nSPS) is 18.9. The molecule has 3 heterocycles. The van der Waals surface area contributed by atoms with Gasteiger partial charge in [-0.1, -0.05) is 13.0 Å². The van der Waals surface area contributed by atoms with Crippen molar-refractivity contribution in [1.29, 1.82) is 0 Å². The number of likely N-dealkylation sites (tertiary alicyclic amines) is 1. The summed E-state index contributed by atoms with van der Waals surface area (Å²) in [5.41, 5.74) is 7.67. The van der Waals surface area contributed by atoms with Crippen LogP contribution in [0.2, 0.25) is 0 Å². The van der Waals surface area contributed by atoms with E-state index in [1.165, 1.54) is 35.5 Å². The van der Waals surface area contributed by atoms with Crippen LogP contribution < -0.4 is 11.1 Å². The monoisotopic (exact) mass is 326 g/mol. The van der Waals surface area contributed by atoms with E-state index in [-0.39, 0.29) is 0 Å². The van der Waals surface area contributed by atoms with Crippen molar-refractivity contribution in [2.75, 3.05) is 30.7 Å². The number of hydrogen-bond acceptors (Lipinski definition) is 5. The predicted octanol–water partition coefficient (Wildman–Crippen LogP) is 3.93. The second-order valence-electron chi connectivity index (χ2n) is 6.24. The molecule has 1 unspecified atom stereocenters. The molecule has 4 rings (SSSR count). The van der Waals surface area contributed by atoms with Gasteiger partial charge in [-0.3, -0.25) is 4.90 Å². The first kappa shape index (κ1) is 14.7. The maximum Gasteiger partial charge on any atom is 0.135 e. The molecule has 5 heteroatoms. The molecule has 3 N–H and O–H groups in total. The first-order chi connectivity index (χ1) is 11.3. The summed E-state index contributed by atoms with van der Waals surface area (Å²) in [5, 5.41) is 11.7. The second kappa shape index (κ2) is 5.98. The third-order valence-corrected chi connectivity index (χ3v) is 5.62. The first-order valence-corrected chi connectivity index (χ1v) is 9.23. The van der Waals surface area contributed by atoms with Crippen LogP contribution in [0.5, 0.6) is 0 Å². The fourth-order valence-electron chi connectivity index (χ4n) is 3.63. The number of anilines is 2. The summed E-state index contributed by atoms with van der Waals surface area (Å²) < 4.78 is 0. The number of nitrogens with two attached hydrogens (primary N) is 1. The maximum atomic E-state index is 5.94. The Bertz CT molecular complexity index is 842. The molecule has 0 bridgehead atoms. The van der Waals surface area contributed by atoms with Gasteiger partial charge in [-0.2, -0.15) is 11.3 Å². The topological polar surface area (TPSA) is 54.2 Å². The standard InChI is InChI=1S/C18H22N4S/c1-2-22-7-3-4-13(22)9-20-18-16-11-23-10-15(16)14-6-5-12(19)8-17(14)21-18/h5-6,8,10-11,13H,2-4,7,9,19H2,1H3,(H,20,21). The molecule has 1 atom stereocenters. The van der Waals surface area contributed by atoms with Crippen LogP contribution in [-0.2, 0) is 0 Å². The zero-order valence-corrected chi connectivity index (χ0v) is 14.2. The van der Waals surface area contributed by atoms with E-state index >= 15 is 0 Å². The molecule has 3 aromatic rings. The molecule has 2 aromatic heterocycles. The molecule has 4 nitrogen and oxygen atoms in total. The molecule has 1 aliphatic rings. The van der Waals surface area contributed by atoms with Gasteiger partial charge in [-0.05, 0) is 43.4 Å². The molecule has 0 spiro atoms. The van der Waals surface area contributed by atoms with E-state index in [1.54, 1.807) is 11.3 Å². The van der Waals surface area contributed by atoms with Crippen molar-refractivity contribution >= 4 is 44.5 Å². The number of hydrogen-bond donors (Lipinski definition) is 2. The van der Waals surface area contributed by atoms with Crippen molar-refractivity contribution in [2.24, 2.45) is 0 Å². The van der Waals surface area contributed by atoms with Gasteiger partial charge in [0.05, 0.1) is 5.52 Å². The molecule has 23 heavy (non-hydrogen) atoms. The highest BCUT2D eigenvalue weighted by atomic mass is 32.1. The van der Waals surface area contributed by atoms with Crippen LogP contribution in [0.15, 0.2) is 29.0 Å². The molecule has 1 saturated heterocycles. The van der Waals surface area contributed by atoms with Gasteiger partial charge in [0.25, 0.3) is 0 Å². The third kappa shape index (κ3) is 2.64. The molecule has 0 saturated carbocycles. The molecule has 120 valence electrons. The van der Waals surface area contributed by atoms with Crippen molar-refractivity contribution in [2.45, 2.75) is 25.8 Å². The Hall–Kier alpha value is -1.85. The fraction of sp³-hybridized carbons (Fsp3) is 0.389. The number of aromatic nitrogens is 1. The molecular formula is C18H22N4S. The Morgan fingerprint density at radius 3 is 3.04 bits per heavy atom. The Morgan fingerprint density at radius 2 is 2.17 bits per heavy atom. The SMILES string of the molecule is CCN1CCCC1CNc1nc2cc(N)ccc2c2cscc12. The van der Waals surface area contributed by atoms with E-state index in [2.05, 4.69) is 34.0 Å². The summed E-state index contributed by atoms with van der Waals surface area (Å²) in [7, 11) is 0. The number of nitrogens with zero attached hydrogens (tertiary/aromatic N) is 2. The van der Waals surface area contributed by atoms with E-state index in [4.69, 9.17) is 10.7 Å². The first-order valence-electron chi connectivity index (χ1n) is 8.29. The lowest BCUT2D eigenvalue weighted by Crippen LogP contribution is -2.34. The summed E-state index contributed by atoms with van der Waals surface area (Å²) in [4.78, 5) is 7.40. The zero-order valence-electron chi connectivity index (χ0n) is 13.4. The van der Waals surface area contributed by atoms with Crippen LogP contribution in [0.3, 0.4) is 0 Å². The highest BCUT2D eigenvalue weighted by molar-refractivity contribution is 7.09. The van der Waals surface area contributed by atoms with Crippen LogP contribution in [0, 0.1) is 0 Å². The second-order valence-corrected chi connectivity index (χ2v) is 6.99. The number of nitrogens with one attached hydrogen (secondary N) is 1. The fourth-order valence-corrected chi connectivity index (χ4v) is 4.46. The zero-order chi connectivity index (χ0) is 15.8. The highest BCUT2D eigenvalue weighted by Crippen LogP contribution is 2.33. The minimum absolute atomic E-state index is 0.618. The van der Waals surface area contributed by atoms with Crippen molar-refractivity contribution < 1.29 is 0 Å². The van der Waals surface area contributed by atoms with Gasteiger partial charge in [0.15, 0.2) is 0 Å². The average Bonchev–Trinajstić information content (AvgIpc) is 3.21. The summed E-state index contributed by atoms with van der Waals surface area (Å²) >= 11 is 1.73. The van der Waals surface area contributed by atoms with Gasteiger partial charge in [0.1, 0.15) is 5.82 Å². The van der Waals surface area contributed by atoms with Gasteiger partial charge in [0, 0.05) is 39.8 Å². The van der Waals surface area contributed by atoms with Crippen molar-refractivity contribution in [3.05, 3.63) is 29.0 Å². The lowest BCUT2D eigenvalue weighted by molar-refractivity contribution is 0.277. The minimum Gasteiger partial charge on any atom is -0.399 e. The van der Waals surface area contributed by atoms with Crippen molar-refractivity contribution in [1.82, 2.24) is 9.88 Å². The Morgan fingerprint density at radius 1 is 1.30 bits per heavy atom. The van der Waals surface area contributed by atoms with Crippen LogP contribution in [0.25, 0.3) is 21.7 Å². The lowest BCUT2D eigenvalue weighted by atomic mass is 10.1. The van der Waals surface area contributed by atoms with Crippen molar-refractivity contribution in [3.8, 4) is 0 Å². The van der Waals surface area contributed by atoms with Crippen LogP contribution >= 0.6 is 11.3 Å². The molecule has 1 fully saturated rings. The predicted molar refractivity (Wildman–Crippen MR) is 100 cm³/mol. The van der Waals surface area contributed by atoms with Crippen molar-refractivity contribution in [3.63, 3.8) is 0 Å². The Balaban J connectivity index is 1.69. The number of pyridine rings is 1. The van der Waals surface area contributed by atoms with Crippen LogP contribution in [0.1, 0.15) is 19.8 Å². The molecular weight excluding hydrogens is 304 g/mol. The largest absolute Gasteiger partial charge is 0.399 e. The van der Waals surface area contributed by atoms with Gasteiger partial charge < -0.3 is 11.1 Å². The van der Waals surface area contributed by atoms with Gasteiger partial charge in [-0.25, -0.2) is 4.98 Å². The summed E-state index contributed by atoms with van der Waals surface area (Å²) in [5.74, 6) is 0.988. The van der Waals surface area contributed by atoms with E-state index < -0.39 is 0 Å². The summed E-state index contributed by atoms with van der Waals surface area (Å²) in [6.07, 6.45) is 2.57. The minimum atomic E-state index is 0.618. The summed E-state index contributed by atoms with van der Waals surface area (Å²) in [6.45, 7) is 5.55. The average molecular weight is 326 g/mol.